The van der Waals surface area contributed by atoms with Crippen molar-refractivity contribution in [3.05, 3.63) is 30.1 Å². The lowest BCUT2D eigenvalue weighted by Crippen LogP contribution is -2.43. The van der Waals surface area contributed by atoms with Gasteiger partial charge in [0.15, 0.2) is 0 Å². The molecule has 3 rings (SSSR count). The molecule has 0 unspecified atom stereocenters. The molecule has 5 heteroatoms. The van der Waals surface area contributed by atoms with Gasteiger partial charge in [-0.25, -0.2) is 9.97 Å². The van der Waals surface area contributed by atoms with Crippen LogP contribution in [0.3, 0.4) is 0 Å². The summed E-state index contributed by atoms with van der Waals surface area (Å²) in [5.41, 5.74) is 6.91. The van der Waals surface area contributed by atoms with Crippen LogP contribution < -0.4 is 11.1 Å². The molecular weight excluding hydrogens is 226 g/mol. The molecule has 2 aromatic rings. The number of hydrogen-bond acceptors (Lipinski definition) is 5. The highest BCUT2D eigenvalue weighted by atomic mass is 15.2. The van der Waals surface area contributed by atoms with E-state index in [0.29, 0.717) is 5.82 Å². The second-order valence-electron chi connectivity index (χ2n) is 4.57. The summed E-state index contributed by atoms with van der Waals surface area (Å²) in [6, 6.07) is 7.87. The van der Waals surface area contributed by atoms with E-state index in [1.54, 1.807) is 0 Å². The first kappa shape index (κ1) is 11.4. The zero-order valence-electron chi connectivity index (χ0n) is 10.3. The molecule has 1 aliphatic heterocycles. The minimum atomic E-state index is 0.575. The number of nitrogens with two attached hydrogens (primary N) is 1. The Labute approximate surface area is 106 Å². The Bertz CT molecular complexity index is 548. The number of nitrogens with zero attached hydrogens (tertiary/aromatic N) is 3. The zero-order chi connectivity index (χ0) is 12.4. The fraction of sp³-hybridized carbons (Fsp3) is 0.385. The van der Waals surface area contributed by atoms with Crippen molar-refractivity contribution in [2.75, 3.05) is 31.9 Å². The van der Waals surface area contributed by atoms with Gasteiger partial charge in [0.25, 0.3) is 0 Å². The first-order valence-corrected chi connectivity index (χ1v) is 6.27. The summed E-state index contributed by atoms with van der Waals surface area (Å²) in [6.07, 6.45) is 0. The second kappa shape index (κ2) is 4.88. The van der Waals surface area contributed by atoms with Crippen molar-refractivity contribution in [2.24, 2.45) is 0 Å². The summed E-state index contributed by atoms with van der Waals surface area (Å²) in [6.45, 7) is 4.91. The molecule has 3 N–H and O–H groups in total. The minimum Gasteiger partial charge on any atom is -0.383 e. The van der Waals surface area contributed by atoms with Gasteiger partial charge < -0.3 is 11.1 Å². The number of para-hydroxylation sites is 1. The van der Waals surface area contributed by atoms with Crippen LogP contribution in [0.4, 0.5) is 5.82 Å². The number of fused-ring (bicyclic) bond motifs is 1. The number of anilines is 1. The summed E-state index contributed by atoms with van der Waals surface area (Å²) in [7, 11) is 0. The van der Waals surface area contributed by atoms with Crippen molar-refractivity contribution in [2.45, 2.75) is 6.54 Å². The van der Waals surface area contributed by atoms with Crippen molar-refractivity contribution in [3.63, 3.8) is 0 Å². The van der Waals surface area contributed by atoms with Crippen LogP contribution in [0.5, 0.6) is 0 Å². The predicted octanol–water partition coefficient (Wildman–Crippen LogP) is 0.617. The van der Waals surface area contributed by atoms with Crippen LogP contribution in [0.1, 0.15) is 5.82 Å². The molecule has 0 amide bonds. The molecule has 1 aliphatic rings. The summed E-state index contributed by atoms with van der Waals surface area (Å²) in [4.78, 5) is 11.3. The van der Waals surface area contributed by atoms with E-state index in [2.05, 4.69) is 20.2 Å². The van der Waals surface area contributed by atoms with Gasteiger partial charge in [0.2, 0.25) is 0 Å². The third-order valence-electron chi connectivity index (χ3n) is 3.25. The topological polar surface area (TPSA) is 67.1 Å². The highest BCUT2D eigenvalue weighted by molar-refractivity contribution is 5.87. The van der Waals surface area contributed by atoms with Gasteiger partial charge >= 0.3 is 0 Å². The lowest BCUT2D eigenvalue weighted by molar-refractivity contribution is 0.228. The number of rotatable bonds is 2. The molecule has 1 aromatic heterocycles. The third-order valence-corrected chi connectivity index (χ3v) is 3.25. The first-order valence-electron chi connectivity index (χ1n) is 6.27. The standard InChI is InChI=1S/C13H17N5/c14-13-10-3-1-2-4-11(10)16-12(17-13)9-18-7-5-15-6-8-18/h1-4,15H,5-9H2,(H2,14,16,17). The maximum Gasteiger partial charge on any atom is 0.145 e. The van der Waals surface area contributed by atoms with E-state index >= 15 is 0 Å². The summed E-state index contributed by atoms with van der Waals surface area (Å²) < 4.78 is 0. The lowest BCUT2D eigenvalue weighted by Gasteiger charge is -2.26. The number of aromatic nitrogens is 2. The molecule has 0 spiro atoms. The fourth-order valence-corrected chi connectivity index (χ4v) is 2.29. The molecule has 1 saturated heterocycles. The average molecular weight is 243 g/mol. The molecule has 0 bridgehead atoms. The van der Waals surface area contributed by atoms with Crippen molar-refractivity contribution in [1.82, 2.24) is 20.2 Å². The van der Waals surface area contributed by atoms with Crippen LogP contribution in [0.2, 0.25) is 0 Å². The van der Waals surface area contributed by atoms with E-state index in [9.17, 15) is 0 Å². The molecule has 94 valence electrons. The number of piperazine rings is 1. The third kappa shape index (κ3) is 2.27. The van der Waals surface area contributed by atoms with Crippen LogP contribution in [-0.4, -0.2) is 41.0 Å². The van der Waals surface area contributed by atoms with Gasteiger partial charge in [-0.2, -0.15) is 0 Å². The second-order valence-corrected chi connectivity index (χ2v) is 4.57. The fourth-order valence-electron chi connectivity index (χ4n) is 2.29. The zero-order valence-corrected chi connectivity index (χ0v) is 10.3. The molecule has 1 aromatic carbocycles. The SMILES string of the molecule is Nc1nc(CN2CCNCC2)nc2ccccc12. The van der Waals surface area contributed by atoms with E-state index in [-0.39, 0.29) is 0 Å². The van der Waals surface area contributed by atoms with Crippen LogP contribution in [-0.2, 0) is 6.54 Å². The molecule has 1 fully saturated rings. The van der Waals surface area contributed by atoms with Crippen molar-refractivity contribution in [1.29, 1.82) is 0 Å². The maximum absolute atomic E-state index is 5.98. The van der Waals surface area contributed by atoms with Crippen LogP contribution in [0, 0.1) is 0 Å². The first-order chi connectivity index (χ1) is 8.83. The van der Waals surface area contributed by atoms with Crippen molar-refractivity contribution in [3.8, 4) is 0 Å². The largest absolute Gasteiger partial charge is 0.383 e. The van der Waals surface area contributed by atoms with E-state index in [1.165, 1.54) is 0 Å². The monoisotopic (exact) mass is 243 g/mol. The number of benzene rings is 1. The Morgan fingerprint density at radius 2 is 1.94 bits per heavy atom. The summed E-state index contributed by atoms with van der Waals surface area (Å²) in [5, 5.41) is 4.27. The summed E-state index contributed by atoms with van der Waals surface area (Å²) >= 11 is 0. The lowest BCUT2D eigenvalue weighted by atomic mass is 10.2. The van der Waals surface area contributed by atoms with E-state index in [1.807, 2.05) is 24.3 Å². The smallest absolute Gasteiger partial charge is 0.145 e. The van der Waals surface area contributed by atoms with Crippen molar-refractivity contribution < 1.29 is 0 Å². The van der Waals surface area contributed by atoms with Crippen LogP contribution in [0.15, 0.2) is 24.3 Å². The molecule has 0 aliphatic carbocycles. The predicted molar refractivity (Wildman–Crippen MR) is 72.1 cm³/mol. The van der Waals surface area contributed by atoms with Gasteiger partial charge in [0, 0.05) is 31.6 Å². The molecule has 0 saturated carbocycles. The Morgan fingerprint density at radius 3 is 2.78 bits per heavy atom. The van der Waals surface area contributed by atoms with Crippen LogP contribution >= 0.6 is 0 Å². The van der Waals surface area contributed by atoms with Crippen molar-refractivity contribution >= 4 is 16.7 Å². The molecule has 0 radical (unpaired) electrons. The highest BCUT2D eigenvalue weighted by Gasteiger charge is 2.12. The van der Waals surface area contributed by atoms with E-state index in [4.69, 9.17) is 5.73 Å². The Morgan fingerprint density at radius 1 is 1.17 bits per heavy atom. The number of nitrogen functional groups attached to an aromatic ring is 1. The number of nitrogens with one attached hydrogen (secondary N) is 1. The molecule has 5 nitrogen and oxygen atoms in total. The molecule has 0 atom stereocenters. The maximum atomic E-state index is 5.98. The van der Waals surface area contributed by atoms with Gasteiger partial charge in [0.05, 0.1) is 12.1 Å². The molecule has 2 heterocycles. The van der Waals surface area contributed by atoms with E-state index in [0.717, 1.165) is 49.5 Å². The Balaban J connectivity index is 1.87. The number of hydrogen-bond donors (Lipinski definition) is 2. The van der Waals surface area contributed by atoms with Gasteiger partial charge in [-0.15, -0.1) is 0 Å². The Hall–Kier alpha value is -1.72. The molecular formula is C13H17N5. The van der Waals surface area contributed by atoms with Gasteiger partial charge in [-0.3, -0.25) is 4.90 Å². The van der Waals surface area contributed by atoms with E-state index < -0.39 is 0 Å². The Kier molecular flexibility index (Phi) is 3.08. The van der Waals surface area contributed by atoms with Gasteiger partial charge in [0.1, 0.15) is 11.6 Å². The quantitative estimate of drug-likeness (QED) is 0.809. The highest BCUT2D eigenvalue weighted by Crippen LogP contribution is 2.17. The minimum absolute atomic E-state index is 0.575. The average Bonchev–Trinajstić information content (AvgIpc) is 2.40. The van der Waals surface area contributed by atoms with Gasteiger partial charge in [-0.1, -0.05) is 12.1 Å². The van der Waals surface area contributed by atoms with Crippen LogP contribution in [0.25, 0.3) is 10.9 Å². The normalized spacial score (nSPS) is 17.1. The summed E-state index contributed by atoms with van der Waals surface area (Å²) in [5.74, 6) is 1.39. The van der Waals surface area contributed by atoms with Gasteiger partial charge in [-0.05, 0) is 12.1 Å². The molecule has 18 heavy (non-hydrogen) atoms.